The molecule has 1 atom stereocenters. The average Bonchev–Trinajstić information content (AvgIpc) is 2.16. The van der Waals surface area contributed by atoms with Gasteiger partial charge in [0.15, 0.2) is 0 Å². The van der Waals surface area contributed by atoms with Crippen LogP contribution in [-0.2, 0) is 11.3 Å². The topological polar surface area (TPSA) is 46.3 Å². The molecule has 0 heterocycles. The van der Waals surface area contributed by atoms with Crippen molar-refractivity contribution in [2.45, 2.75) is 32.9 Å². The number of hydrogen-bond donors (Lipinski definition) is 1. The molecule has 96 valence electrons. The van der Waals surface area contributed by atoms with Crippen LogP contribution in [0.2, 0.25) is 0 Å². The van der Waals surface area contributed by atoms with Crippen molar-refractivity contribution in [3.63, 3.8) is 0 Å². The van der Waals surface area contributed by atoms with E-state index in [1.807, 2.05) is 39.1 Å². The molecule has 0 radical (unpaired) electrons. The molecule has 3 nitrogen and oxygen atoms in total. The van der Waals surface area contributed by atoms with Gasteiger partial charge in [-0.2, -0.15) is 0 Å². The van der Waals surface area contributed by atoms with Crippen molar-refractivity contribution < 1.29 is 4.79 Å². The fourth-order valence-corrected chi connectivity index (χ4v) is 1.60. The zero-order valence-corrected chi connectivity index (χ0v) is 11.5. The average molecular weight is 257 g/mol. The van der Waals surface area contributed by atoms with Crippen LogP contribution in [0, 0.1) is 6.92 Å². The molecule has 0 saturated carbocycles. The normalized spacial score (nSPS) is 11.5. The van der Waals surface area contributed by atoms with Gasteiger partial charge in [-0.25, -0.2) is 0 Å². The molecule has 4 heteroatoms. The van der Waals surface area contributed by atoms with Crippen molar-refractivity contribution in [2.75, 3.05) is 7.05 Å². The van der Waals surface area contributed by atoms with E-state index in [9.17, 15) is 4.79 Å². The van der Waals surface area contributed by atoms with Crippen molar-refractivity contribution in [1.82, 2.24) is 4.90 Å². The molecule has 0 spiro atoms. The van der Waals surface area contributed by atoms with Crippen molar-refractivity contribution >= 4 is 18.3 Å². The second kappa shape index (κ2) is 7.30. The number of amides is 1. The number of rotatable bonds is 4. The summed E-state index contributed by atoms with van der Waals surface area (Å²) in [7, 11) is 1.81. The van der Waals surface area contributed by atoms with Gasteiger partial charge in [-0.15, -0.1) is 12.4 Å². The van der Waals surface area contributed by atoms with Crippen molar-refractivity contribution in [3.8, 4) is 0 Å². The Bertz CT molecular complexity index is 366. The zero-order valence-electron chi connectivity index (χ0n) is 10.6. The second-order valence-electron chi connectivity index (χ2n) is 4.42. The van der Waals surface area contributed by atoms with Gasteiger partial charge < -0.3 is 10.6 Å². The highest BCUT2D eigenvalue weighted by molar-refractivity contribution is 5.85. The fourth-order valence-electron chi connectivity index (χ4n) is 1.60. The zero-order chi connectivity index (χ0) is 12.1. The Morgan fingerprint density at radius 1 is 1.47 bits per heavy atom. The van der Waals surface area contributed by atoms with Gasteiger partial charge >= 0.3 is 0 Å². The molecule has 1 unspecified atom stereocenters. The van der Waals surface area contributed by atoms with Crippen LogP contribution in [0.3, 0.4) is 0 Å². The predicted octanol–water partition coefficient (Wildman–Crippen LogP) is 2.11. The number of halogens is 1. The molecular formula is C13H21ClN2O. The van der Waals surface area contributed by atoms with Gasteiger partial charge in [0.1, 0.15) is 0 Å². The van der Waals surface area contributed by atoms with Crippen LogP contribution in [-0.4, -0.2) is 23.9 Å². The number of nitrogens with zero attached hydrogens (tertiary/aromatic N) is 1. The molecule has 0 aliphatic heterocycles. The minimum atomic E-state index is -0.0764. The summed E-state index contributed by atoms with van der Waals surface area (Å²) in [5.74, 6) is 0.0940. The van der Waals surface area contributed by atoms with E-state index in [4.69, 9.17) is 5.73 Å². The van der Waals surface area contributed by atoms with Gasteiger partial charge in [0.2, 0.25) is 5.91 Å². The summed E-state index contributed by atoms with van der Waals surface area (Å²) in [4.78, 5) is 13.4. The summed E-state index contributed by atoms with van der Waals surface area (Å²) in [6, 6.07) is 8.10. The van der Waals surface area contributed by atoms with Crippen LogP contribution in [0.5, 0.6) is 0 Å². The van der Waals surface area contributed by atoms with Gasteiger partial charge in [-0.3, -0.25) is 4.79 Å². The van der Waals surface area contributed by atoms with E-state index in [1.54, 1.807) is 4.90 Å². The first-order valence-corrected chi connectivity index (χ1v) is 5.54. The third-order valence-electron chi connectivity index (χ3n) is 2.42. The summed E-state index contributed by atoms with van der Waals surface area (Å²) in [5, 5.41) is 0. The monoisotopic (exact) mass is 256 g/mol. The molecular weight excluding hydrogens is 236 g/mol. The molecule has 0 fully saturated rings. The molecule has 1 rings (SSSR count). The lowest BCUT2D eigenvalue weighted by Crippen LogP contribution is -2.31. The van der Waals surface area contributed by atoms with Crippen molar-refractivity contribution in [3.05, 3.63) is 35.4 Å². The van der Waals surface area contributed by atoms with Crippen molar-refractivity contribution in [2.24, 2.45) is 5.73 Å². The summed E-state index contributed by atoms with van der Waals surface area (Å²) >= 11 is 0. The molecule has 1 amide bonds. The van der Waals surface area contributed by atoms with Crippen LogP contribution >= 0.6 is 12.4 Å². The summed E-state index contributed by atoms with van der Waals surface area (Å²) in [5.41, 5.74) is 7.97. The minimum absolute atomic E-state index is 0. The van der Waals surface area contributed by atoms with E-state index in [0.717, 1.165) is 5.56 Å². The quantitative estimate of drug-likeness (QED) is 0.897. The minimum Gasteiger partial charge on any atom is -0.341 e. The van der Waals surface area contributed by atoms with Gasteiger partial charge in [-0.1, -0.05) is 29.8 Å². The maximum absolute atomic E-state index is 11.7. The van der Waals surface area contributed by atoms with E-state index >= 15 is 0 Å². The summed E-state index contributed by atoms with van der Waals surface area (Å²) in [6.45, 7) is 4.54. The Kier molecular flexibility index (Phi) is 6.85. The molecule has 0 aromatic heterocycles. The molecule has 17 heavy (non-hydrogen) atoms. The first-order valence-electron chi connectivity index (χ1n) is 5.54. The maximum Gasteiger partial charge on any atom is 0.224 e. The van der Waals surface area contributed by atoms with Gasteiger partial charge in [0, 0.05) is 26.1 Å². The molecule has 1 aromatic rings. The van der Waals surface area contributed by atoms with Crippen molar-refractivity contribution in [1.29, 1.82) is 0 Å². The molecule has 0 aliphatic rings. The van der Waals surface area contributed by atoms with E-state index in [-0.39, 0.29) is 24.4 Å². The Hall–Kier alpha value is -1.06. The number of carbonyl (C=O) groups is 1. The van der Waals surface area contributed by atoms with Crippen LogP contribution in [0.4, 0.5) is 0 Å². The van der Waals surface area contributed by atoms with Crippen LogP contribution in [0.1, 0.15) is 24.5 Å². The molecule has 0 aliphatic carbocycles. The number of carbonyl (C=O) groups excluding carboxylic acids is 1. The lowest BCUT2D eigenvalue weighted by atomic mass is 10.1. The molecule has 0 bridgehead atoms. The lowest BCUT2D eigenvalue weighted by molar-refractivity contribution is -0.130. The third-order valence-corrected chi connectivity index (χ3v) is 2.42. The fraction of sp³-hybridized carbons (Fsp3) is 0.462. The standard InChI is InChI=1S/C13H20N2O.ClH/c1-10-5-4-6-12(7-10)9-15(3)13(16)8-11(2)14;/h4-7,11H,8-9,14H2,1-3H3;1H. The Morgan fingerprint density at radius 2 is 2.12 bits per heavy atom. The Labute approximate surface area is 109 Å². The summed E-state index contributed by atoms with van der Waals surface area (Å²) < 4.78 is 0. The van der Waals surface area contributed by atoms with Gasteiger partial charge in [0.05, 0.1) is 0 Å². The highest BCUT2D eigenvalue weighted by atomic mass is 35.5. The highest BCUT2D eigenvalue weighted by Crippen LogP contribution is 2.07. The van der Waals surface area contributed by atoms with Gasteiger partial charge in [0.25, 0.3) is 0 Å². The van der Waals surface area contributed by atoms with E-state index < -0.39 is 0 Å². The van der Waals surface area contributed by atoms with E-state index in [2.05, 4.69) is 6.07 Å². The molecule has 1 aromatic carbocycles. The second-order valence-corrected chi connectivity index (χ2v) is 4.42. The summed E-state index contributed by atoms with van der Waals surface area (Å²) in [6.07, 6.45) is 0.405. The van der Waals surface area contributed by atoms with Crippen LogP contribution < -0.4 is 5.73 Å². The predicted molar refractivity (Wildman–Crippen MR) is 73.2 cm³/mol. The Morgan fingerprint density at radius 3 is 2.65 bits per heavy atom. The smallest absolute Gasteiger partial charge is 0.224 e. The van der Waals surface area contributed by atoms with Crippen LogP contribution in [0.15, 0.2) is 24.3 Å². The third kappa shape index (κ3) is 5.71. The maximum atomic E-state index is 11.7. The largest absolute Gasteiger partial charge is 0.341 e. The number of benzene rings is 1. The molecule has 0 saturated heterocycles. The van der Waals surface area contributed by atoms with Crippen LogP contribution in [0.25, 0.3) is 0 Å². The number of nitrogens with two attached hydrogens (primary N) is 1. The number of hydrogen-bond acceptors (Lipinski definition) is 2. The SMILES string of the molecule is Cc1cccc(CN(C)C(=O)CC(C)N)c1.Cl. The number of aryl methyl sites for hydroxylation is 1. The molecule has 2 N–H and O–H groups in total. The Balaban J connectivity index is 0.00000256. The van der Waals surface area contributed by atoms with E-state index in [1.165, 1.54) is 5.56 Å². The first kappa shape index (κ1) is 15.9. The first-order chi connectivity index (χ1) is 7.49. The van der Waals surface area contributed by atoms with Gasteiger partial charge in [-0.05, 0) is 19.4 Å². The van der Waals surface area contributed by atoms with E-state index in [0.29, 0.717) is 13.0 Å². The highest BCUT2D eigenvalue weighted by Gasteiger charge is 2.10. The lowest BCUT2D eigenvalue weighted by Gasteiger charge is -2.18.